The Morgan fingerprint density at radius 3 is 2.05 bits per heavy atom. The molecular weight excluding hydrogens is 244 g/mol. The van der Waals surface area contributed by atoms with E-state index in [4.69, 9.17) is 0 Å². The van der Waals surface area contributed by atoms with Crippen LogP contribution in [0.1, 0.15) is 86.5 Å². The number of nitrogens with zero attached hydrogens (tertiary/aromatic N) is 1. The molecule has 122 valence electrons. The van der Waals surface area contributed by atoms with Crippen molar-refractivity contribution >= 4 is 0 Å². The first-order chi connectivity index (χ1) is 9.40. The van der Waals surface area contributed by atoms with E-state index in [9.17, 15) is 0 Å². The molecule has 0 rings (SSSR count). The minimum Gasteiger partial charge on any atom is -0.312 e. The first-order valence-corrected chi connectivity index (χ1v) is 8.89. The van der Waals surface area contributed by atoms with Crippen molar-refractivity contribution in [1.29, 1.82) is 0 Å². The van der Waals surface area contributed by atoms with Crippen molar-refractivity contribution in [3.63, 3.8) is 0 Å². The molecule has 1 N–H and O–H groups in total. The van der Waals surface area contributed by atoms with Crippen molar-refractivity contribution in [3.05, 3.63) is 0 Å². The molecule has 20 heavy (non-hydrogen) atoms. The summed E-state index contributed by atoms with van der Waals surface area (Å²) in [5.41, 5.74) is 0.271. The molecule has 1 unspecified atom stereocenters. The van der Waals surface area contributed by atoms with Crippen LogP contribution in [0.15, 0.2) is 0 Å². The molecule has 0 heterocycles. The molecule has 0 amide bonds. The van der Waals surface area contributed by atoms with Gasteiger partial charge in [0.1, 0.15) is 0 Å². The average molecular weight is 285 g/mol. The highest BCUT2D eigenvalue weighted by Gasteiger charge is 2.11. The van der Waals surface area contributed by atoms with Crippen LogP contribution in [0.2, 0.25) is 0 Å². The Kier molecular flexibility index (Phi) is 11.5. The number of unbranched alkanes of at least 4 members (excludes halogenated alkanes) is 4. The van der Waals surface area contributed by atoms with Crippen LogP contribution < -0.4 is 5.32 Å². The minimum absolute atomic E-state index is 0.271. The summed E-state index contributed by atoms with van der Waals surface area (Å²) in [5, 5.41) is 3.57. The predicted octanol–water partition coefficient (Wildman–Crippen LogP) is 4.84. The van der Waals surface area contributed by atoms with Crippen molar-refractivity contribution in [2.24, 2.45) is 0 Å². The summed E-state index contributed by atoms with van der Waals surface area (Å²) < 4.78 is 0. The van der Waals surface area contributed by atoms with Gasteiger partial charge in [-0.25, -0.2) is 0 Å². The Bertz CT molecular complexity index is 208. The Hall–Kier alpha value is -0.0800. The normalized spacial score (nSPS) is 13.9. The van der Waals surface area contributed by atoms with Gasteiger partial charge < -0.3 is 10.2 Å². The molecule has 0 saturated carbocycles. The first-order valence-electron chi connectivity index (χ1n) is 8.89. The van der Waals surface area contributed by atoms with Gasteiger partial charge in [0.2, 0.25) is 0 Å². The maximum absolute atomic E-state index is 3.57. The molecule has 0 aromatic carbocycles. The summed E-state index contributed by atoms with van der Waals surface area (Å²) in [6.07, 6.45) is 9.36. The van der Waals surface area contributed by atoms with Crippen molar-refractivity contribution in [2.45, 2.75) is 98.1 Å². The standard InChI is InChI=1S/C18H40N2/c1-7-9-15-20(17(3)8-2)16-13-11-10-12-14-19-18(4,5)6/h17,19H,7-16H2,1-6H3. The van der Waals surface area contributed by atoms with Crippen molar-refractivity contribution in [2.75, 3.05) is 19.6 Å². The van der Waals surface area contributed by atoms with Gasteiger partial charge in [-0.3, -0.25) is 0 Å². The fraction of sp³-hybridized carbons (Fsp3) is 1.00. The maximum atomic E-state index is 3.57. The first kappa shape index (κ1) is 19.9. The Morgan fingerprint density at radius 2 is 1.50 bits per heavy atom. The molecule has 0 saturated heterocycles. The average Bonchev–Trinajstić information content (AvgIpc) is 2.39. The summed E-state index contributed by atoms with van der Waals surface area (Å²) in [7, 11) is 0. The summed E-state index contributed by atoms with van der Waals surface area (Å²) in [6, 6.07) is 0.754. The summed E-state index contributed by atoms with van der Waals surface area (Å²) in [6.45, 7) is 17.4. The largest absolute Gasteiger partial charge is 0.312 e. The second-order valence-corrected chi connectivity index (χ2v) is 7.24. The lowest BCUT2D eigenvalue weighted by atomic mass is 10.1. The number of rotatable bonds is 12. The molecule has 0 aromatic heterocycles. The Balaban J connectivity index is 3.62. The molecule has 0 aliphatic rings. The zero-order chi connectivity index (χ0) is 15.4. The van der Waals surface area contributed by atoms with Crippen molar-refractivity contribution < 1.29 is 0 Å². The van der Waals surface area contributed by atoms with Gasteiger partial charge in [-0.15, -0.1) is 0 Å². The number of nitrogens with one attached hydrogen (secondary N) is 1. The molecule has 0 spiro atoms. The second-order valence-electron chi connectivity index (χ2n) is 7.24. The van der Waals surface area contributed by atoms with Crippen LogP contribution in [0.4, 0.5) is 0 Å². The van der Waals surface area contributed by atoms with E-state index < -0.39 is 0 Å². The number of hydrogen-bond acceptors (Lipinski definition) is 2. The van der Waals surface area contributed by atoms with Gasteiger partial charge >= 0.3 is 0 Å². The van der Waals surface area contributed by atoms with E-state index in [2.05, 4.69) is 51.8 Å². The topological polar surface area (TPSA) is 15.3 Å². The molecule has 0 aliphatic heterocycles. The summed E-state index contributed by atoms with van der Waals surface area (Å²) in [4.78, 5) is 2.69. The third-order valence-corrected chi connectivity index (χ3v) is 4.04. The third-order valence-electron chi connectivity index (χ3n) is 4.04. The van der Waals surface area contributed by atoms with E-state index in [0.29, 0.717) is 0 Å². The van der Waals surface area contributed by atoms with E-state index in [1.165, 1.54) is 58.0 Å². The highest BCUT2D eigenvalue weighted by atomic mass is 15.1. The Labute approximate surface area is 128 Å². The van der Waals surface area contributed by atoms with E-state index in [1.54, 1.807) is 0 Å². The predicted molar refractivity (Wildman–Crippen MR) is 92.5 cm³/mol. The lowest BCUT2D eigenvalue weighted by Crippen LogP contribution is -2.36. The molecule has 2 heteroatoms. The van der Waals surface area contributed by atoms with Gasteiger partial charge in [0, 0.05) is 11.6 Å². The van der Waals surface area contributed by atoms with Gasteiger partial charge in [0.05, 0.1) is 0 Å². The lowest BCUT2D eigenvalue weighted by molar-refractivity contribution is 0.196. The molecule has 0 radical (unpaired) electrons. The van der Waals surface area contributed by atoms with E-state index in [0.717, 1.165) is 12.6 Å². The highest BCUT2D eigenvalue weighted by Crippen LogP contribution is 2.09. The van der Waals surface area contributed by atoms with Crippen molar-refractivity contribution in [1.82, 2.24) is 10.2 Å². The summed E-state index contributed by atoms with van der Waals surface area (Å²) >= 11 is 0. The SMILES string of the molecule is CCCCN(CCCCCCNC(C)(C)C)C(C)CC. The van der Waals surface area contributed by atoms with Crippen LogP contribution in [-0.2, 0) is 0 Å². The number of hydrogen-bond donors (Lipinski definition) is 1. The van der Waals surface area contributed by atoms with Crippen LogP contribution in [0.3, 0.4) is 0 Å². The maximum Gasteiger partial charge on any atom is 0.00965 e. The van der Waals surface area contributed by atoms with Gasteiger partial charge in [-0.05, 0) is 73.0 Å². The minimum atomic E-state index is 0.271. The van der Waals surface area contributed by atoms with Crippen LogP contribution in [0, 0.1) is 0 Å². The Morgan fingerprint density at radius 1 is 0.900 bits per heavy atom. The molecule has 2 nitrogen and oxygen atoms in total. The van der Waals surface area contributed by atoms with Crippen molar-refractivity contribution in [3.8, 4) is 0 Å². The summed E-state index contributed by atoms with van der Waals surface area (Å²) in [5.74, 6) is 0. The van der Waals surface area contributed by atoms with Gasteiger partial charge in [-0.1, -0.05) is 33.1 Å². The molecule has 0 bridgehead atoms. The monoisotopic (exact) mass is 284 g/mol. The van der Waals surface area contributed by atoms with Gasteiger partial charge in [0.15, 0.2) is 0 Å². The zero-order valence-electron chi connectivity index (χ0n) is 15.1. The van der Waals surface area contributed by atoms with Gasteiger partial charge in [0.25, 0.3) is 0 Å². The second kappa shape index (κ2) is 11.6. The quantitative estimate of drug-likeness (QED) is 0.516. The molecule has 0 aromatic rings. The molecular formula is C18H40N2. The fourth-order valence-electron chi connectivity index (χ4n) is 2.43. The fourth-order valence-corrected chi connectivity index (χ4v) is 2.43. The van der Waals surface area contributed by atoms with Gasteiger partial charge in [-0.2, -0.15) is 0 Å². The molecule has 0 fully saturated rings. The van der Waals surface area contributed by atoms with Crippen LogP contribution >= 0.6 is 0 Å². The lowest BCUT2D eigenvalue weighted by Gasteiger charge is -2.28. The van der Waals surface area contributed by atoms with E-state index >= 15 is 0 Å². The molecule has 1 atom stereocenters. The van der Waals surface area contributed by atoms with Crippen LogP contribution in [0.25, 0.3) is 0 Å². The zero-order valence-corrected chi connectivity index (χ0v) is 15.1. The van der Waals surface area contributed by atoms with Crippen LogP contribution in [-0.4, -0.2) is 36.1 Å². The van der Waals surface area contributed by atoms with E-state index in [1.807, 2.05) is 0 Å². The molecule has 0 aliphatic carbocycles. The highest BCUT2D eigenvalue weighted by molar-refractivity contribution is 4.70. The van der Waals surface area contributed by atoms with Crippen LogP contribution in [0.5, 0.6) is 0 Å². The van der Waals surface area contributed by atoms with E-state index in [-0.39, 0.29) is 5.54 Å². The smallest absolute Gasteiger partial charge is 0.00965 e. The third kappa shape index (κ3) is 11.7.